The molecule has 0 bridgehead atoms. The minimum atomic E-state index is 0.171. The van der Waals surface area contributed by atoms with E-state index in [1.54, 1.807) is 7.05 Å². The van der Waals surface area contributed by atoms with E-state index in [0.29, 0.717) is 12.5 Å². The molecule has 1 N–H and O–H groups in total. The Balaban J connectivity index is 2.04. The van der Waals surface area contributed by atoms with Gasteiger partial charge in [-0.3, -0.25) is 4.79 Å². The molecule has 18 heavy (non-hydrogen) atoms. The Morgan fingerprint density at radius 2 is 1.72 bits per heavy atom. The first kappa shape index (κ1) is 13.3. The van der Waals surface area contributed by atoms with Gasteiger partial charge in [-0.25, -0.2) is 0 Å². The quantitative estimate of drug-likeness (QED) is 0.649. The van der Waals surface area contributed by atoms with E-state index in [0.717, 1.165) is 5.56 Å². The van der Waals surface area contributed by atoms with Crippen LogP contribution >= 0.6 is 0 Å². The molecule has 1 aliphatic carbocycles. The van der Waals surface area contributed by atoms with E-state index >= 15 is 0 Å². The van der Waals surface area contributed by atoms with Gasteiger partial charge in [0.1, 0.15) is 0 Å². The van der Waals surface area contributed by atoms with Crippen LogP contribution in [0.1, 0.15) is 60.4 Å². The van der Waals surface area contributed by atoms with Gasteiger partial charge in [0.25, 0.3) is 0 Å². The van der Waals surface area contributed by atoms with E-state index in [4.69, 9.17) is 0 Å². The zero-order valence-electron chi connectivity index (χ0n) is 11.2. The standard InChI is InChI=1S/C16H23NO/c1-17-12-16(18)15-10-8-14(9-11-15)13-6-4-2-3-5-7-13/h8-11,13,17H,2-7,12H2,1H3. The third kappa shape index (κ3) is 3.42. The highest BCUT2D eigenvalue weighted by molar-refractivity contribution is 5.97. The van der Waals surface area contributed by atoms with Crippen LogP contribution in [0.4, 0.5) is 0 Å². The largest absolute Gasteiger partial charge is 0.313 e. The summed E-state index contributed by atoms with van der Waals surface area (Å²) in [6, 6.07) is 8.28. The van der Waals surface area contributed by atoms with Crippen molar-refractivity contribution in [2.75, 3.05) is 13.6 Å². The maximum absolute atomic E-state index is 11.7. The lowest BCUT2D eigenvalue weighted by Crippen LogP contribution is -2.18. The van der Waals surface area contributed by atoms with E-state index in [1.165, 1.54) is 44.1 Å². The molecular weight excluding hydrogens is 222 g/mol. The molecular formula is C16H23NO. The SMILES string of the molecule is CNCC(=O)c1ccc(C2CCCCCC2)cc1. The third-order valence-electron chi connectivity index (χ3n) is 3.90. The lowest BCUT2D eigenvalue weighted by Gasteiger charge is -2.14. The van der Waals surface area contributed by atoms with Crippen molar-refractivity contribution < 1.29 is 4.79 Å². The zero-order chi connectivity index (χ0) is 12.8. The van der Waals surface area contributed by atoms with Crippen molar-refractivity contribution in [1.29, 1.82) is 0 Å². The van der Waals surface area contributed by atoms with Crippen molar-refractivity contribution in [2.24, 2.45) is 0 Å². The normalized spacial score (nSPS) is 17.4. The first-order chi connectivity index (χ1) is 8.81. The van der Waals surface area contributed by atoms with Crippen LogP contribution in [-0.2, 0) is 0 Å². The predicted molar refractivity (Wildman–Crippen MR) is 75.1 cm³/mol. The molecule has 0 spiro atoms. The van der Waals surface area contributed by atoms with Crippen molar-refractivity contribution in [3.8, 4) is 0 Å². The summed E-state index contributed by atoms with van der Waals surface area (Å²) in [5.41, 5.74) is 2.24. The number of benzene rings is 1. The summed E-state index contributed by atoms with van der Waals surface area (Å²) in [5, 5.41) is 2.90. The molecule has 0 saturated heterocycles. The van der Waals surface area contributed by atoms with Crippen molar-refractivity contribution in [2.45, 2.75) is 44.4 Å². The van der Waals surface area contributed by atoms with Crippen LogP contribution in [0.3, 0.4) is 0 Å². The number of carbonyl (C=O) groups is 1. The number of rotatable bonds is 4. The van der Waals surface area contributed by atoms with E-state index in [9.17, 15) is 4.79 Å². The summed E-state index contributed by atoms with van der Waals surface area (Å²) < 4.78 is 0. The van der Waals surface area contributed by atoms with Crippen LogP contribution in [0.5, 0.6) is 0 Å². The minimum Gasteiger partial charge on any atom is -0.313 e. The molecule has 0 amide bonds. The molecule has 2 heteroatoms. The molecule has 0 heterocycles. The summed E-state index contributed by atoms with van der Waals surface area (Å²) in [4.78, 5) is 11.7. The summed E-state index contributed by atoms with van der Waals surface area (Å²) >= 11 is 0. The molecule has 1 aliphatic rings. The van der Waals surface area contributed by atoms with Gasteiger partial charge in [-0.15, -0.1) is 0 Å². The Bertz CT molecular complexity index is 375. The Morgan fingerprint density at radius 1 is 1.11 bits per heavy atom. The van der Waals surface area contributed by atoms with Crippen molar-refractivity contribution in [3.63, 3.8) is 0 Å². The first-order valence-electron chi connectivity index (χ1n) is 7.09. The molecule has 2 nitrogen and oxygen atoms in total. The average molecular weight is 245 g/mol. The molecule has 1 aromatic carbocycles. The second-order valence-electron chi connectivity index (χ2n) is 5.26. The topological polar surface area (TPSA) is 29.1 Å². The number of Topliss-reactive ketones (excluding diaryl/α,β-unsaturated/α-hetero) is 1. The molecule has 2 rings (SSSR count). The highest BCUT2D eigenvalue weighted by Gasteiger charge is 2.14. The van der Waals surface area contributed by atoms with Gasteiger partial charge < -0.3 is 5.32 Å². The average Bonchev–Trinajstić information content (AvgIpc) is 2.68. The predicted octanol–water partition coefficient (Wildman–Crippen LogP) is 3.53. The highest BCUT2D eigenvalue weighted by Crippen LogP contribution is 2.31. The van der Waals surface area contributed by atoms with Crippen LogP contribution in [0, 0.1) is 0 Å². The summed E-state index contributed by atoms with van der Waals surface area (Å²) in [5.74, 6) is 0.880. The van der Waals surface area contributed by atoms with Gasteiger partial charge >= 0.3 is 0 Å². The van der Waals surface area contributed by atoms with E-state index < -0.39 is 0 Å². The lowest BCUT2D eigenvalue weighted by atomic mass is 9.91. The number of ketones is 1. The number of hydrogen-bond acceptors (Lipinski definition) is 2. The van der Waals surface area contributed by atoms with Crippen LogP contribution in [0.25, 0.3) is 0 Å². The monoisotopic (exact) mass is 245 g/mol. The molecule has 1 saturated carbocycles. The van der Waals surface area contributed by atoms with Crippen molar-refractivity contribution >= 4 is 5.78 Å². The molecule has 98 valence electrons. The number of carbonyl (C=O) groups excluding carboxylic acids is 1. The fourth-order valence-corrected chi connectivity index (χ4v) is 2.82. The van der Waals surface area contributed by atoms with Gasteiger partial charge in [0, 0.05) is 5.56 Å². The van der Waals surface area contributed by atoms with Crippen LogP contribution < -0.4 is 5.32 Å². The number of likely N-dealkylation sites (N-methyl/N-ethyl adjacent to an activating group) is 1. The second kappa shape index (κ2) is 6.69. The van der Waals surface area contributed by atoms with Gasteiger partial charge in [-0.1, -0.05) is 49.9 Å². The van der Waals surface area contributed by atoms with Gasteiger partial charge in [0.05, 0.1) is 6.54 Å². The first-order valence-corrected chi connectivity index (χ1v) is 7.09. The minimum absolute atomic E-state index is 0.171. The molecule has 0 aliphatic heterocycles. The van der Waals surface area contributed by atoms with E-state index in [2.05, 4.69) is 17.4 Å². The third-order valence-corrected chi connectivity index (χ3v) is 3.90. The Kier molecular flexibility index (Phi) is 4.94. The van der Waals surface area contributed by atoms with Crippen LogP contribution in [-0.4, -0.2) is 19.4 Å². The Hall–Kier alpha value is -1.15. The van der Waals surface area contributed by atoms with Gasteiger partial charge in [0.2, 0.25) is 0 Å². The Labute approximate surface area is 110 Å². The second-order valence-corrected chi connectivity index (χ2v) is 5.26. The van der Waals surface area contributed by atoms with Crippen LogP contribution in [0.15, 0.2) is 24.3 Å². The van der Waals surface area contributed by atoms with Gasteiger partial charge in [0.15, 0.2) is 5.78 Å². The molecule has 1 fully saturated rings. The van der Waals surface area contributed by atoms with Crippen molar-refractivity contribution in [3.05, 3.63) is 35.4 Å². The molecule has 0 unspecified atom stereocenters. The maximum atomic E-state index is 11.7. The molecule has 1 aromatic rings. The zero-order valence-corrected chi connectivity index (χ0v) is 11.2. The fourth-order valence-electron chi connectivity index (χ4n) is 2.82. The molecule has 0 atom stereocenters. The lowest BCUT2D eigenvalue weighted by molar-refractivity contribution is 0.0993. The van der Waals surface area contributed by atoms with Crippen LogP contribution in [0.2, 0.25) is 0 Å². The van der Waals surface area contributed by atoms with E-state index in [1.807, 2.05) is 12.1 Å². The summed E-state index contributed by atoms with van der Waals surface area (Å²) in [6.45, 7) is 0.419. The van der Waals surface area contributed by atoms with Crippen molar-refractivity contribution in [1.82, 2.24) is 5.32 Å². The fraction of sp³-hybridized carbons (Fsp3) is 0.562. The molecule has 0 aromatic heterocycles. The molecule has 0 radical (unpaired) electrons. The van der Waals surface area contributed by atoms with Gasteiger partial charge in [-0.2, -0.15) is 0 Å². The number of hydrogen-bond donors (Lipinski definition) is 1. The smallest absolute Gasteiger partial charge is 0.176 e. The Morgan fingerprint density at radius 3 is 2.28 bits per heavy atom. The number of nitrogens with one attached hydrogen (secondary N) is 1. The van der Waals surface area contributed by atoms with Gasteiger partial charge in [-0.05, 0) is 31.4 Å². The maximum Gasteiger partial charge on any atom is 0.176 e. The summed E-state index contributed by atoms with van der Waals surface area (Å²) in [7, 11) is 1.80. The van der Waals surface area contributed by atoms with E-state index in [-0.39, 0.29) is 5.78 Å². The highest BCUT2D eigenvalue weighted by atomic mass is 16.1. The summed E-state index contributed by atoms with van der Waals surface area (Å²) in [6.07, 6.45) is 8.09.